The second kappa shape index (κ2) is 3.86. The highest BCUT2D eigenvalue weighted by atomic mass is 79.9. The Balaban J connectivity index is 1.62. The molecular formula is C17H14BrNO2. The van der Waals surface area contributed by atoms with E-state index in [9.17, 15) is 9.59 Å². The lowest BCUT2D eigenvalue weighted by molar-refractivity contribution is -0.124. The Kier molecular flexibility index (Phi) is 2.23. The standard InChI is InChI=1S/C17H14BrNO2/c18-12-3-1-2-4-13(12)19-16(20)14-8-5-6-9(11-7-10(8)11)15(14)17(19)21/h1-6,8-11,14-15H,7H2/t8-,9-,10-,11+,14-,15-/m1/s1. The minimum Gasteiger partial charge on any atom is -0.274 e. The van der Waals surface area contributed by atoms with Gasteiger partial charge in [-0.1, -0.05) is 24.3 Å². The van der Waals surface area contributed by atoms with Crippen molar-refractivity contribution < 1.29 is 9.59 Å². The van der Waals surface area contributed by atoms with Crippen LogP contribution in [0.25, 0.3) is 0 Å². The Morgan fingerprint density at radius 3 is 2.10 bits per heavy atom. The van der Waals surface area contributed by atoms with Crippen LogP contribution < -0.4 is 4.90 Å². The summed E-state index contributed by atoms with van der Waals surface area (Å²) in [5.41, 5.74) is 0.690. The van der Waals surface area contributed by atoms with E-state index in [-0.39, 0.29) is 35.5 Å². The fraction of sp³-hybridized carbons (Fsp3) is 0.412. The highest BCUT2D eigenvalue weighted by Crippen LogP contribution is 2.65. The fourth-order valence-corrected chi connectivity index (χ4v) is 5.29. The topological polar surface area (TPSA) is 37.4 Å². The minimum absolute atomic E-state index is 0.00148. The van der Waals surface area contributed by atoms with Crippen molar-refractivity contribution in [2.45, 2.75) is 6.42 Å². The lowest BCUT2D eigenvalue weighted by Gasteiger charge is -2.37. The summed E-state index contributed by atoms with van der Waals surface area (Å²) >= 11 is 3.47. The first-order valence-corrected chi connectivity index (χ1v) is 8.28. The van der Waals surface area contributed by atoms with Crippen molar-refractivity contribution in [1.82, 2.24) is 0 Å². The van der Waals surface area contributed by atoms with Gasteiger partial charge in [0, 0.05) is 4.47 Å². The van der Waals surface area contributed by atoms with Crippen LogP contribution in [0.5, 0.6) is 0 Å². The van der Waals surface area contributed by atoms with Gasteiger partial charge in [0.25, 0.3) is 0 Å². The number of hydrogen-bond donors (Lipinski definition) is 0. The molecule has 6 rings (SSSR count). The van der Waals surface area contributed by atoms with Crippen molar-refractivity contribution in [3.63, 3.8) is 0 Å². The van der Waals surface area contributed by atoms with Gasteiger partial charge in [-0.2, -0.15) is 0 Å². The van der Waals surface area contributed by atoms with Gasteiger partial charge in [0.1, 0.15) is 0 Å². The van der Waals surface area contributed by atoms with E-state index in [0.717, 1.165) is 4.47 Å². The number of hydrogen-bond acceptors (Lipinski definition) is 2. The van der Waals surface area contributed by atoms with Crippen molar-refractivity contribution in [1.29, 1.82) is 0 Å². The van der Waals surface area contributed by atoms with E-state index in [4.69, 9.17) is 0 Å². The van der Waals surface area contributed by atoms with Crippen molar-refractivity contribution >= 4 is 33.4 Å². The van der Waals surface area contributed by atoms with Crippen LogP contribution in [0.1, 0.15) is 6.42 Å². The average molecular weight is 344 g/mol. The van der Waals surface area contributed by atoms with Gasteiger partial charge in [-0.25, -0.2) is 4.90 Å². The van der Waals surface area contributed by atoms with Crippen molar-refractivity contribution in [2.24, 2.45) is 35.5 Å². The van der Waals surface area contributed by atoms with E-state index in [2.05, 4.69) is 28.1 Å². The quantitative estimate of drug-likeness (QED) is 0.580. The summed E-state index contributed by atoms with van der Waals surface area (Å²) in [5, 5.41) is 0. The smallest absolute Gasteiger partial charge is 0.238 e. The molecule has 1 saturated heterocycles. The summed E-state index contributed by atoms with van der Waals surface area (Å²) in [4.78, 5) is 27.2. The molecule has 1 aliphatic heterocycles. The number of carbonyl (C=O) groups excluding carboxylic acids is 2. The molecule has 2 amide bonds. The molecule has 106 valence electrons. The summed E-state index contributed by atoms with van der Waals surface area (Å²) in [7, 11) is 0. The Labute approximate surface area is 131 Å². The zero-order valence-corrected chi connectivity index (χ0v) is 12.9. The third-order valence-electron chi connectivity index (χ3n) is 5.76. The Bertz CT molecular complexity index is 676. The van der Waals surface area contributed by atoms with Gasteiger partial charge >= 0.3 is 0 Å². The highest BCUT2D eigenvalue weighted by Gasteiger charge is 2.67. The van der Waals surface area contributed by atoms with Gasteiger partial charge in [-0.3, -0.25) is 9.59 Å². The van der Waals surface area contributed by atoms with Crippen molar-refractivity contribution in [3.05, 3.63) is 40.9 Å². The zero-order valence-electron chi connectivity index (χ0n) is 11.3. The van der Waals surface area contributed by atoms with Crippen molar-refractivity contribution in [2.75, 3.05) is 4.90 Å². The third-order valence-corrected chi connectivity index (χ3v) is 6.43. The van der Waals surface area contributed by atoms with Crippen LogP contribution in [0.4, 0.5) is 5.69 Å². The zero-order chi connectivity index (χ0) is 14.3. The number of amides is 2. The van der Waals surface area contributed by atoms with E-state index in [1.807, 2.05) is 24.3 Å². The number of rotatable bonds is 1. The molecule has 2 bridgehead atoms. The predicted molar refractivity (Wildman–Crippen MR) is 81.3 cm³/mol. The van der Waals surface area contributed by atoms with Gasteiger partial charge in [0.05, 0.1) is 17.5 Å². The molecule has 4 heteroatoms. The van der Waals surface area contributed by atoms with Crippen LogP contribution in [-0.4, -0.2) is 11.8 Å². The molecule has 4 aliphatic carbocycles. The molecule has 0 radical (unpaired) electrons. The van der Waals surface area contributed by atoms with E-state index in [1.165, 1.54) is 11.3 Å². The average Bonchev–Trinajstić information content (AvgIpc) is 3.26. The fourth-order valence-electron chi connectivity index (χ4n) is 4.83. The van der Waals surface area contributed by atoms with Crippen molar-refractivity contribution in [3.8, 4) is 0 Å². The largest absolute Gasteiger partial charge is 0.274 e. The Morgan fingerprint density at radius 2 is 1.52 bits per heavy atom. The number of nitrogens with zero attached hydrogens (tertiary/aromatic N) is 1. The van der Waals surface area contributed by atoms with Gasteiger partial charge in [-0.05, 0) is 58.2 Å². The summed E-state index contributed by atoms with van der Waals surface area (Å²) < 4.78 is 0.802. The van der Waals surface area contributed by atoms with Crippen LogP contribution in [0.2, 0.25) is 0 Å². The number of imide groups is 1. The van der Waals surface area contributed by atoms with E-state index in [1.54, 1.807) is 0 Å². The summed E-state index contributed by atoms with van der Waals surface area (Å²) in [6, 6.07) is 7.48. The molecule has 3 nitrogen and oxygen atoms in total. The van der Waals surface area contributed by atoms with Crippen LogP contribution in [0, 0.1) is 35.5 Å². The molecule has 3 fully saturated rings. The molecule has 0 aromatic heterocycles. The second-order valence-electron chi connectivity index (χ2n) is 6.62. The van der Waals surface area contributed by atoms with Gasteiger partial charge < -0.3 is 0 Å². The maximum atomic E-state index is 12.9. The molecule has 1 aromatic carbocycles. The molecule has 21 heavy (non-hydrogen) atoms. The number of allylic oxidation sites excluding steroid dienone is 2. The molecule has 2 saturated carbocycles. The molecule has 5 aliphatic rings. The number of halogens is 1. The summed E-state index contributed by atoms with van der Waals surface area (Å²) in [5.74, 6) is 1.63. The Hall–Kier alpha value is -1.42. The maximum Gasteiger partial charge on any atom is 0.238 e. The predicted octanol–water partition coefficient (Wildman–Crippen LogP) is 3.01. The first kappa shape index (κ1) is 12.2. The number of carbonyl (C=O) groups is 2. The summed E-state index contributed by atoms with van der Waals surface area (Å²) in [6.45, 7) is 0. The normalized spacial score (nSPS) is 42.2. The number of para-hydroxylation sites is 1. The van der Waals surface area contributed by atoms with E-state index < -0.39 is 0 Å². The third kappa shape index (κ3) is 1.39. The van der Waals surface area contributed by atoms with Gasteiger partial charge in [-0.15, -0.1) is 0 Å². The highest BCUT2D eigenvalue weighted by molar-refractivity contribution is 9.10. The molecule has 0 unspecified atom stereocenters. The first-order chi connectivity index (χ1) is 10.2. The molecule has 0 spiro atoms. The number of anilines is 1. The van der Waals surface area contributed by atoms with Crippen LogP contribution in [-0.2, 0) is 9.59 Å². The molecule has 0 N–H and O–H groups in total. The second-order valence-corrected chi connectivity index (χ2v) is 7.47. The minimum atomic E-state index is -0.122. The van der Waals surface area contributed by atoms with Gasteiger partial charge in [0.15, 0.2) is 0 Å². The lowest BCUT2D eigenvalue weighted by Crippen LogP contribution is -2.40. The Morgan fingerprint density at radius 1 is 0.952 bits per heavy atom. The lowest BCUT2D eigenvalue weighted by atomic mass is 9.63. The van der Waals surface area contributed by atoms with E-state index >= 15 is 0 Å². The molecule has 6 atom stereocenters. The first-order valence-electron chi connectivity index (χ1n) is 7.49. The SMILES string of the molecule is O=C1[C@@H]2[C@@H]3C=C[C@H]([C@@H]4C[C@H]34)[C@H]2C(=O)N1c1ccccc1Br. The monoisotopic (exact) mass is 343 g/mol. The van der Waals surface area contributed by atoms with Crippen LogP contribution >= 0.6 is 15.9 Å². The van der Waals surface area contributed by atoms with Crippen LogP contribution in [0.15, 0.2) is 40.9 Å². The van der Waals surface area contributed by atoms with Gasteiger partial charge in [0.2, 0.25) is 11.8 Å². The maximum absolute atomic E-state index is 12.9. The summed E-state index contributed by atoms with van der Waals surface area (Å²) in [6.07, 6.45) is 5.61. The van der Waals surface area contributed by atoms with Crippen LogP contribution in [0.3, 0.4) is 0 Å². The number of benzene rings is 1. The molecular weight excluding hydrogens is 330 g/mol. The molecule has 1 heterocycles. The molecule has 1 aromatic rings. The van der Waals surface area contributed by atoms with E-state index in [0.29, 0.717) is 17.5 Å².